The molecular weight excluding hydrogens is 366 g/mol. The van der Waals surface area contributed by atoms with Gasteiger partial charge < -0.3 is 19.0 Å². The lowest BCUT2D eigenvalue weighted by atomic mass is 9.93. The van der Waals surface area contributed by atoms with Crippen LogP contribution in [0.4, 0.5) is 0 Å². The summed E-state index contributed by atoms with van der Waals surface area (Å²) in [6, 6.07) is 9.69. The minimum absolute atomic E-state index is 0.411. The van der Waals surface area contributed by atoms with E-state index in [0.717, 1.165) is 42.3 Å². The zero-order valence-electron chi connectivity index (χ0n) is 17.8. The molecule has 5 nitrogen and oxygen atoms in total. The van der Waals surface area contributed by atoms with Gasteiger partial charge in [-0.1, -0.05) is 19.1 Å². The summed E-state index contributed by atoms with van der Waals surface area (Å²) in [7, 11) is 3.31. The minimum atomic E-state index is -1.10. The average Bonchev–Trinajstić information content (AvgIpc) is 3.17. The number of hydrogen-bond donors (Lipinski definition) is 1. The highest BCUT2D eigenvalue weighted by molar-refractivity contribution is 5.38. The van der Waals surface area contributed by atoms with E-state index in [2.05, 4.69) is 25.0 Å². The number of aliphatic hydroxyl groups is 1. The number of nitrogens with zero attached hydrogens (tertiary/aromatic N) is 1. The van der Waals surface area contributed by atoms with Gasteiger partial charge in [0.25, 0.3) is 0 Å². The largest absolute Gasteiger partial charge is 0.497 e. The van der Waals surface area contributed by atoms with Gasteiger partial charge in [0.2, 0.25) is 0 Å². The molecule has 0 spiro atoms. The smallest absolute Gasteiger partial charge is 0.136 e. The summed E-state index contributed by atoms with van der Waals surface area (Å²) in [6.45, 7) is 11.9. The van der Waals surface area contributed by atoms with Gasteiger partial charge >= 0.3 is 0 Å². The van der Waals surface area contributed by atoms with E-state index in [1.54, 1.807) is 26.4 Å². The first kappa shape index (κ1) is 22.8. The molecule has 2 rings (SSSR count). The van der Waals surface area contributed by atoms with E-state index < -0.39 is 5.60 Å². The van der Waals surface area contributed by atoms with E-state index >= 15 is 0 Å². The van der Waals surface area contributed by atoms with Crippen molar-refractivity contribution >= 4 is 0 Å². The molecule has 29 heavy (non-hydrogen) atoms. The Labute approximate surface area is 174 Å². The Bertz CT molecular complexity index is 764. The van der Waals surface area contributed by atoms with Crippen molar-refractivity contribution in [3.8, 4) is 11.5 Å². The van der Waals surface area contributed by atoms with Crippen molar-refractivity contribution in [3.05, 3.63) is 72.7 Å². The lowest BCUT2D eigenvalue weighted by Gasteiger charge is -2.24. The average molecular weight is 400 g/mol. The Kier molecular flexibility index (Phi) is 8.55. The second-order valence-corrected chi connectivity index (χ2v) is 7.21. The molecule has 0 aliphatic carbocycles. The van der Waals surface area contributed by atoms with E-state index in [1.165, 1.54) is 0 Å². The fraction of sp³-hybridized carbons (Fsp3) is 0.417. The van der Waals surface area contributed by atoms with Gasteiger partial charge in [-0.3, -0.25) is 4.90 Å². The van der Waals surface area contributed by atoms with E-state index in [-0.39, 0.29) is 0 Å². The molecule has 1 aromatic carbocycles. The van der Waals surface area contributed by atoms with E-state index in [4.69, 9.17) is 13.9 Å². The first-order chi connectivity index (χ1) is 14.0. The fourth-order valence-electron chi connectivity index (χ4n) is 3.44. The third kappa shape index (κ3) is 6.24. The molecule has 0 unspecified atom stereocenters. The van der Waals surface area contributed by atoms with Gasteiger partial charge in [-0.15, -0.1) is 13.2 Å². The molecule has 0 aliphatic rings. The number of benzene rings is 1. The van der Waals surface area contributed by atoms with Crippen molar-refractivity contribution in [3.63, 3.8) is 0 Å². The molecule has 0 bridgehead atoms. The van der Waals surface area contributed by atoms with Crippen molar-refractivity contribution < 1.29 is 19.0 Å². The Morgan fingerprint density at radius 1 is 1.03 bits per heavy atom. The van der Waals surface area contributed by atoms with Crippen LogP contribution < -0.4 is 9.47 Å². The minimum Gasteiger partial charge on any atom is -0.497 e. The van der Waals surface area contributed by atoms with Gasteiger partial charge in [-0.25, -0.2) is 0 Å². The van der Waals surface area contributed by atoms with Crippen molar-refractivity contribution in [2.45, 2.75) is 44.9 Å². The fourth-order valence-corrected chi connectivity index (χ4v) is 3.44. The van der Waals surface area contributed by atoms with Crippen LogP contribution in [-0.4, -0.2) is 30.8 Å². The van der Waals surface area contributed by atoms with Crippen LogP contribution in [0.2, 0.25) is 0 Å². The molecule has 158 valence electrons. The number of hydrogen-bond acceptors (Lipinski definition) is 5. The molecule has 5 heteroatoms. The van der Waals surface area contributed by atoms with Crippen LogP contribution in [0.1, 0.15) is 43.3 Å². The number of methoxy groups -OCH3 is 2. The Morgan fingerprint density at radius 2 is 1.66 bits per heavy atom. The van der Waals surface area contributed by atoms with Crippen molar-refractivity contribution in [2.24, 2.45) is 0 Å². The second kappa shape index (κ2) is 10.9. The van der Waals surface area contributed by atoms with Crippen molar-refractivity contribution in [2.75, 3.05) is 20.8 Å². The van der Waals surface area contributed by atoms with Crippen LogP contribution >= 0.6 is 0 Å². The molecule has 0 radical (unpaired) electrons. The summed E-state index contributed by atoms with van der Waals surface area (Å²) >= 11 is 0. The number of rotatable bonds is 13. The molecule has 1 heterocycles. The molecule has 0 atom stereocenters. The quantitative estimate of drug-likeness (QED) is 0.478. The summed E-state index contributed by atoms with van der Waals surface area (Å²) in [5.41, 5.74) is 0.00793. The summed E-state index contributed by atoms with van der Waals surface area (Å²) in [5.74, 6) is 2.91. The Hall–Kier alpha value is -2.50. The monoisotopic (exact) mass is 399 g/mol. The third-order valence-corrected chi connectivity index (χ3v) is 4.82. The van der Waals surface area contributed by atoms with Crippen LogP contribution in [0.15, 0.2) is 60.1 Å². The Morgan fingerprint density at radius 3 is 2.17 bits per heavy atom. The van der Waals surface area contributed by atoms with Crippen LogP contribution in [-0.2, 0) is 18.7 Å². The van der Waals surface area contributed by atoms with Crippen molar-refractivity contribution in [1.29, 1.82) is 0 Å². The first-order valence-electron chi connectivity index (χ1n) is 9.95. The summed E-state index contributed by atoms with van der Waals surface area (Å²) in [5, 5.41) is 10.9. The topological polar surface area (TPSA) is 55.1 Å². The SMILES string of the molecule is C=CCC(O)(CC=C)c1ccc(CN(CCC)Cc2cc(OC)cc(OC)c2)o1. The lowest BCUT2D eigenvalue weighted by molar-refractivity contribution is 0.0186. The van der Waals surface area contributed by atoms with Gasteiger partial charge in [0.15, 0.2) is 0 Å². The first-order valence-corrected chi connectivity index (χ1v) is 9.95. The normalized spacial score (nSPS) is 11.5. The standard InChI is InChI=1S/C24H33NO4/c1-6-11-24(26,12-7-2)23-10-9-20(29-23)18-25(13-8-3)17-19-14-21(27-4)16-22(15-19)28-5/h6-7,9-10,14-16,26H,1-2,8,11-13,17-18H2,3-5H3. The predicted octanol–water partition coefficient (Wildman–Crippen LogP) is 5.05. The third-order valence-electron chi connectivity index (χ3n) is 4.82. The molecule has 1 aromatic heterocycles. The highest BCUT2D eigenvalue weighted by Gasteiger charge is 2.30. The lowest BCUT2D eigenvalue weighted by Crippen LogP contribution is -2.24. The number of ether oxygens (including phenoxy) is 2. The molecule has 0 saturated heterocycles. The van der Waals surface area contributed by atoms with Gasteiger partial charge in [0.05, 0.1) is 20.8 Å². The van der Waals surface area contributed by atoms with Crippen LogP contribution in [0, 0.1) is 0 Å². The van der Waals surface area contributed by atoms with Gasteiger partial charge in [-0.05, 0) is 42.8 Å². The molecule has 2 aromatic rings. The molecule has 0 amide bonds. The molecular formula is C24H33NO4. The summed E-state index contributed by atoms with van der Waals surface area (Å²) < 4.78 is 16.8. The van der Waals surface area contributed by atoms with E-state index in [1.807, 2.05) is 30.3 Å². The van der Waals surface area contributed by atoms with Crippen molar-refractivity contribution in [1.82, 2.24) is 4.90 Å². The van der Waals surface area contributed by atoms with Crippen LogP contribution in [0.3, 0.4) is 0 Å². The molecule has 0 saturated carbocycles. The van der Waals surface area contributed by atoms with Crippen LogP contribution in [0.25, 0.3) is 0 Å². The maximum Gasteiger partial charge on any atom is 0.136 e. The highest BCUT2D eigenvalue weighted by Crippen LogP contribution is 2.32. The van der Waals surface area contributed by atoms with E-state index in [0.29, 0.717) is 25.1 Å². The zero-order chi connectivity index (χ0) is 21.3. The Balaban J connectivity index is 2.18. The van der Waals surface area contributed by atoms with Gasteiger partial charge in [0.1, 0.15) is 28.6 Å². The summed E-state index contributed by atoms with van der Waals surface area (Å²) in [4.78, 5) is 2.30. The zero-order valence-corrected chi connectivity index (χ0v) is 17.8. The van der Waals surface area contributed by atoms with Gasteiger partial charge in [-0.2, -0.15) is 0 Å². The maximum absolute atomic E-state index is 10.9. The molecule has 0 fully saturated rings. The van der Waals surface area contributed by atoms with E-state index in [9.17, 15) is 5.11 Å². The highest BCUT2D eigenvalue weighted by atomic mass is 16.5. The number of furan rings is 1. The molecule has 0 aliphatic heterocycles. The predicted molar refractivity (Wildman–Crippen MR) is 116 cm³/mol. The summed E-state index contributed by atoms with van der Waals surface area (Å²) in [6.07, 6.45) is 5.24. The van der Waals surface area contributed by atoms with Gasteiger partial charge in [0, 0.05) is 25.5 Å². The maximum atomic E-state index is 10.9. The van der Waals surface area contributed by atoms with Crippen LogP contribution in [0.5, 0.6) is 11.5 Å². The molecule has 1 N–H and O–H groups in total. The second-order valence-electron chi connectivity index (χ2n) is 7.21.